The number of methoxy groups -OCH3 is 1. The molecule has 1 atom stereocenters. The van der Waals surface area contributed by atoms with Gasteiger partial charge in [0.1, 0.15) is 11.7 Å². The van der Waals surface area contributed by atoms with Gasteiger partial charge >= 0.3 is 6.18 Å². The molecule has 2 N–H and O–H groups in total. The number of nitrogens with one attached hydrogen (secondary N) is 2. The van der Waals surface area contributed by atoms with Gasteiger partial charge in [0.2, 0.25) is 5.95 Å². The Bertz CT molecular complexity index is 1010. The van der Waals surface area contributed by atoms with Crippen molar-refractivity contribution in [2.75, 3.05) is 19.0 Å². The minimum Gasteiger partial charge on any atom is -0.383 e. The van der Waals surface area contributed by atoms with Crippen molar-refractivity contribution in [2.45, 2.75) is 19.1 Å². The molecule has 140 valence electrons. The van der Waals surface area contributed by atoms with Crippen LogP contribution in [-0.2, 0) is 10.9 Å². The summed E-state index contributed by atoms with van der Waals surface area (Å²) in [4.78, 5) is 15.0. The summed E-state index contributed by atoms with van der Waals surface area (Å²) < 4.78 is 44.1. The number of hydrogen-bond donors (Lipinski definition) is 2. The van der Waals surface area contributed by atoms with Crippen molar-refractivity contribution in [1.29, 1.82) is 5.26 Å². The fraction of sp³-hybridized carbons (Fsp3) is 0.294. The van der Waals surface area contributed by atoms with Gasteiger partial charge in [-0.3, -0.25) is 0 Å². The Morgan fingerprint density at radius 3 is 2.78 bits per heavy atom. The molecule has 0 aliphatic rings. The van der Waals surface area contributed by atoms with Crippen LogP contribution in [0.25, 0.3) is 22.3 Å². The van der Waals surface area contributed by atoms with Crippen molar-refractivity contribution >= 4 is 17.0 Å². The van der Waals surface area contributed by atoms with Crippen LogP contribution in [0, 0.1) is 11.3 Å². The van der Waals surface area contributed by atoms with Gasteiger partial charge in [-0.25, -0.2) is 15.0 Å². The second-order valence-corrected chi connectivity index (χ2v) is 5.89. The van der Waals surface area contributed by atoms with Crippen molar-refractivity contribution in [1.82, 2.24) is 19.9 Å². The second kappa shape index (κ2) is 7.20. The fourth-order valence-electron chi connectivity index (χ4n) is 2.60. The van der Waals surface area contributed by atoms with E-state index in [-0.39, 0.29) is 34.3 Å². The van der Waals surface area contributed by atoms with Crippen molar-refractivity contribution in [3.05, 3.63) is 35.8 Å². The second-order valence-electron chi connectivity index (χ2n) is 5.89. The van der Waals surface area contributed by atoms with E-state index < -0.39 is 11.7 Å². The number of alkyl halides is 3. The summed E-state index contributed by atoms with van der Waals surface area (Å²) in [6, 6.07) is 2.85. The highest BCUT2D eigenvalue weighted by atomic mass is 19.4. The summed E-state index contributed by atoms with van der Waals surface area (Å²) in [5.41, 5.74) is 0.0773. The lowest BCUT2D eigenvalue weighted by atomic mass is 10.1. The van der Waals surface area contributed by atoms with E-state index in [9.17, 15) is 18.4 Å². The van der Waals surface area contributed by atoms with Crippen LogP contribution in [0.2, 0.25) is 0 Å². The van der Waals surface area contributed by atoms with Gasteiger partial charge in [-0.2, -0.15) is 18.4 Å². The van der Waals surface area contributed by atoms with Crippen LogP contribution in [0.1, 0.15) is 18.1 Å². The number of nitriles is 1. The van der Waals surface area contributed by atoms with E-state index in [1.54, 1.807) is 7.11 Å². The number of aromatic nitrogens is 4. The molecule has 0 saturated heterocycles. The van der Waals surface area contributed by atoms with Crippen LogP contribution >= 0.6 is 0 Å². The predicted octanol–water partition coefficient (Wildman–Crippen LogP) is 3.36. The molecule has 27 heavy (non-hydrogen) atoms. The van der Waals surface area contributed by atoms with E-state index in [0.717, 1.165) is 12.3 Å². The molecule has 0 fully saturated rings. The van der Waals surface area contributed by atoms with Gasteiger partial charge < -0.3 is 15.0 Å². The Balaban J connectivity index is 2.11. The number of rotatable bonds is 5. The Morgan fingerprint density at radius 2 is 2.11 bits per heavy atom. The van der Waals surface area contributed by atoms with Gasteiger partial charge in [-0.15, -0.1) is 0 Å². The van der Waals surface area contributed by atoms with Crippen LogP contribution in [0.5, 0.6) is 0 Å². The lowest BCUT2D eigenvalue weighted by molar-refractivity contribution is -0.137. The number of halogens is 3. The molecule has 7 nitrogen and oxygen atoms in total. The Morgan fingerprint density at radius 1 is 1.33 bits per heavy atom. The average Bonchev–Trinajstić information content (AvgIpc) is 3.04. The number of hydrogen-bond acceptors (Lipinski definition) is 6. The Hall–Kier alpha value is -3.19. The van der Waals surface area contributed by atoms with Gasteiger partial charge in [0.15, 0.2) is 0 Å². The number of ether oxygens (including phenoxy) is 1. The van der Waals surface area contributed by atoms with Crippen LogP contribution < -0.4 is 5.32 Å². The van der Waals surface area contributed by atoms with E-state index >= 15 is 0 Å². The largest absolute Gasteiger partial charge is 0.417 e. The highest BCUT2D eigenvalue weighted by molar-refractivity contribution is 5.94. The van der Waals surface area contributed by atoms with Crippen molar-refractivity contribution < 1.29 is 17.9 Å². The number of H-pyrrole nitrogens is 1. The lowest BCUT2D eigenvalue weighted by Gasteiger charge is -2.13. The highest BCUT2D eigenvalue weighted by Crippen LogP contribution is 2.34. The third-order valence-corrected chi connectivity index (χ3v) is 3.81. The first-order valence-electron chi connectivity index (χ1n) is 7.90. The standard InChI is InChI=1S/C17H15F3N6O/c1-9(8-27-2)25-16-24-5-10(4-21)14(26-16)13-7-23-15-12(13)3-11(6-22-15)17(18,19)20/h3,5-7,9H,8H2,1-2H3,(H,22,23)(H,24,25,26). The van der Waals surface area contributed by atoms with Gasteiger partial charge in [-0.05, 0) is 13.0 Å². The fourth-order valence-corrected chi connectivity index (χ4v) is 2.60. The summed E-state index contributed by atoms with van der Waals surface area (Å²) in [6.45, 7) is 2.26. The first-order valence-corrected chi connectivity index (χ1v) is 7.90. The average molecular weight is 376 g/mol. The summed E-state index contributed by atoms with van der Waals surface area (Å²) in [7, 11) is 1.56. The molecule has 0 amide bonds. The summed E-state index contributed by atoms with van der Waals surface area (Å²) in [6.07, 6.45) is -0.970. The summed E-state index contributed by atoms with van der Waals surface area (Å²) in [5.74, 6) is 0.239. The monoisotopic (exact) mass is 376 g/mol. The molecule has 3 heterocycles. The van der Waals surface area contributed by atoms with Crippen LogP contribution in [0.4, 0.5) is 19.1 Å². The molecule has 0 aliphatic heterocycles. The molecule has 1 unspecified atom stereocenters. The lowest BCUT2D eigenvalue weighted by Crippen LogP contribution is -2.22. The zero-order valence-corrected chi connectivity index (χ0v) is 14.4. The van der Waals surface area contributed by atoms with Crippen LogP contribution in [0.3, 0.4) is 0 Å². The third-order valence-electron chi connectivity index (χ3n) is 3.81. The minimum atomic E-state index is -4.53. The number of anilines is 1. The molecule has 3 aromatic rings. The molecule has 3 aromatic heterocycles. The van der Waals surface area contributed by atoms with E-state index in [1.165, 1.54) is 12.4 Å². The normalized spacial score (nSPS) is 12.7. The van der Waals surface area contributed by atoms with Gasteiger partial charge in [0, 0.05) is 36.5 Å². The maximum absolute atomic E-state index is 13.0. The van der Waals surface area contributed by atoms with Crippen molar-refractivity contribution in [2.24, 2.45) is 0 Å². The first-order chi connectivity index (χ1) is 12.8. The molecule has 0 aliphatic carbocycles. The predicted molar refractivity (Wildman–Crippen MR) is 91.8 cm³/mol. The molecule has 0 saturated carbocycles. The van der Waals surface area contributed by atoms with Crippen molar-refractivity contribution in [3.63, 3.8) is 0 Å². The van der Waals surface area contributed by atoms with E-state index in [4.69, 9.17) is 4.74 Å². The zero-order chi connectivity index (χ0) is 19.6. The quantitative estimate of drug-likeness (QED) is 0.708. The molecular formula is C17H15F3N6O. The maximum atomic E-state index is 13.0. The van der Waals surface area contributed by atoms with E-state index in [2.05, 4.69) is 25.3 Å². The molecule has 10 heteroatoms. The maximum Gasteiger partial charge on any atom is 0.417 e. The van der Waals surface area contributed by atoms with E-state index in [1.807, 2.05) is 13.0 Å². The first kappa shape index (κ1) is 18.6. The molecule has 0 bridgehead atoms. The number of aromatic amines is 1. The SMILES string of the molecule is COCC(C)Nc1ncc(C#N)c(-c2c[nH]c3ncc(C(F)(F)F)cc23)n1. The molecule has 0 spiro atoms. The Kier molecular flexibility index (Phi) is 4.96. The highest BCUT2D eigenvalue weighted by Gasteiger charge is 2.31. The topological polar surface area (TPSA) is 99.5 Å². The van der Waals surface area contributed by atoms with Gasteiger partial charge in [0.05, 0.1) is 29.6 Å². The number of fused-ring (bicyclic) bond motifs is 1. The number of nitrogens with zero attached hydrogens (tertiary/aromatic N) is 4. The van der Waals surface area contributed by atoms with Gasteiger partial charge in [-0.1, -0.05) is 0 Å². The summed E-state index contributed by atoms with van der Waals surface area (Å²) >= 11 is 0. The minimum absolute atomic E-state index is 0.0998. The molecule has 0 radical (unpaired) electrons. The van der Waals surface area contributed by atoms with Crippen molar-refractivity contribution in [3.8, 4) is 17.3 Å². The molecule has 3 rings (SSSR count). The smallest absolute Gasteiger partial charge is 0.383 e. The number of pyridine rings is 1. The summed E-state index contributed by atoms with van der Waals surface area (Å²) in [5, 5.41) is 12.6. The van der Waals surface area contributed by atoms with Gasteiger partial charge in [0.25, 0.3) is 0 Å². The zero-order valence-electron chi connectivity index (χ0n) is 14.4. The van der Waals surface area contributed by atoms with Crippen LogP contribution in [-0.4, -0.2) is 39.7 Å². The third kappa shape index (κ3) is 3.83. The molecule has 0 aromatic carbocycles. The molecular weight excluding hydrogens is 361 g/mol. The van der Waals surface area contributed by atoms with Crippen LogP contribution in [0.15, 0.2) is 24.7 Å². The van der Waals surface area contributed by atoms with E-state index in [0.29, 0.717) is 12.2 Å². The Labute approximate surface area is 152 Å².